The third-order valence-electron chi connectivity index (χ3n) is 15.1. The largest absolute Gasteiger partial charge is 0.310 e. The van der Waals surface area contributed by atoms with E-state index in [9.17, 15) is 0 Å². The molecule has 1 aliphatic carbocycles. The third-order valence-corrected chi connectivity index (χ3v) is 17.4. The average Bonchev–Trinajstić information content (AvgIpc) is 3.96. The van der Waals surface area contributed by atoms with Crippen molar-refractivity contribution >= 4 is 92.7 Å². The van der Waals surface area contributed by atoms with E-state index in [1.165, 1.54) is 118 Å². The first-order valence-corrected chi connectivity index (χ1v) is 25.7. The van der Waals surface area contributed by atoms with Crippen molar-refractivity contribution in [2.75, 3.05) is 4.90 Å². The minimum absolute atomic E-state index is 0.580. The summed E-state index contributed by atoms with van der Waals surface area (Å²) >= 11 is 3.80. The molecule has 12 aromatic carbocycles. The van der Waals surface area contributed by atoms with Crippen LogP contribution in [0.1, 0.15) is 22.3 Å². The summed E-state index contributed by atoms with van der Waals surface area (Å²) in [6.07, 6.45) is 0. The molecule has 326 valence electrons. The number of hydrogen-bond donors (Lipinski definition) is 0. The summed E-state index contributed by atoms with van der Waals surface area (Å²) in [4.78, 5) is 5.12. The predicted octanol–water partition coefficient (Wildman–Crippen LogP) is 19.1. The van der Waals surface area contributed by atoms with Gasteiger partial charge in [0.05, 0.1) is 11.1 Å². The number of fused-ring (bicyclic) bond motifs is 18. The SMILES string of the molecule is c1ccc(-c2ccc3sc4cccc(N(c5ccccc5)c5cc(-c6ccc7c8ccccc8c8ccccc8c7c6)c6c(c5)C5(c7ccccc7S6)c6ccccc6-c6ccccc65)c4c3c2)cc1. The summed E-state index contributed by atoms with van der Waals surface area (Å²) in [7, 11) is 0. The molecule has 2 aliphatic rings. The Kier molecular flexibility index (Phi) is 8.75. The van der Waals surface area contributed by atoms with Gasteiger partial charge in [-0.2, -0.15) is 0 Å². The van der Waals surface area contributed by atoms with Crippen molar-refractivity contribution in [1.82, 2.24) is 0 Å². The minimum Gasteiger partial charge on any atom is -0.310 e. The highest BCUT2D eigenvalue weighted by Gasteiger charge is 2.51. The number of rotatable bonds is 5. The summed E-state index contributed by atoms with van der Waals surface area (Å²) in [5.41, 5.74) is 15.6. The topological polar surface area (TPSA) is 3.24 Å². The summed E-state index contributed by atoms with van der Waals surface area (Å²) in [5, 5.41) is 10.2. The van der Waals surface area contributed by atoms with Gasteiger partial charge in [0.15, 0.2) is 0 Å². The standard InChI is InChI=1S/C67H41NS2/c1-3-18-42(19-4-1)43-35-37-62-56(38-43)65-61(31-17-33-64(65)69-62)68(45-20-5-2-6-21-45)46-40-54(44-34-36-51-49-24-8-7-22-47(49)48-23-9-10-25-50(48)55(51)39-44)66-60(41-46)67(59-30-15-16-32-63(59)70-66)57-28-13-11-26-52(57)53-27-12-14-29-58(53)67/h1-41H. The van der Waals surface area contributed by atoms with Crippen LogP contribution < -0.4 is 4.90 Å². The van der Waals surface area contributed by atoms with Crippen LogP contribution in [0.3, 0.4) is 0 Å². The van der Waals surface area contributed by atoms with E-state index in [1.807, 2.05) is 23.1 Å². The number of anilines is 3. The number of benzene rings is 12. The first-order valence-electron chi connectivity index (χ1n) is 24.1. The van der Waals surface area contributed by atoms with Crippen molar-refractivity contribution in [2.24, 2.45) is 0 Å². The third kappa shape index (κ3) is 5.68. The lowest BCUT2D eigenvalue weighted by molar-refractivity contribution is 0.723. The Morgan fingerprint density at radius 2 is 0.886 bits per heavy atom. The van der Waals surface area contributed by atoms with Crippen molar-refractivity contribution < 1.29 is 0 Å². The Hall–Kier alpha value is -8.21. The fraction of sp³-hybridized carbons (Fsp3) is 0.0149. The molecule has 0 N–H and O–H groups in total. The Morgan fingerprint density at radius 3 is 1.60 bits per heavy atom. The van der Waals surface area contributed by atoms with E-state index in [2.05, 4.69) is 254 Å². The van der Waals surface area contributed by atoms with Gasteiger partial charge < -0.3 is 4.90 Å². The molecule has 0 bridgehead atoms. The molecule has 1 spiro atoms. The van der Waals surface area contributed by atoms with Crippen molar-refractivity contribution in [1.29, 1.82) is 0 Å². The molecule has 0 amide bonds. The summed E-state index contributed by atoms with van der Waals surface area (Å²) in [6.45, 7) is 0. The van der Waals surface area contributed by atoms with Gasteiger partial charge >= 0.3 is 0 Å². The Bertz CT molecular complexity index is 4200. The number of thiophene rings is 1. The molecule has 1 aromatic heterocycles. The molecule has 0 unspecified atom stereocenters. The fourth-order valence-electron chi connectivity index (χ4n) is 12.2. The molecule has 0 radical (unpaired) electrons. The Morgan fingerprint density at radius 1 is 0.314 bits per heavy atom. The first-order chi connectivity index (χ1) is 34.7. The fourth-order valence-corrected chi connectivity index (χ4v) is 14.6. The molecule has 0 atom stereocenters. The van der Waals surface area contributed by atoms with E-state index in [4.69, 9.17) is 0 Å². The van der Waals surface area contributed by atoms with Gasteiger partial charge in [0.1, 0.15) is 0 Å². The summed E-state index contributed by atoms with van der Waals surface area (Å²) in [6, 6.07) is 93.4. The van der Waals surface area contributed by atoms with Gasteiger partial charge in [-0.05, 0) is 149 Å². The number of hydrogen-bond acceptors (Lipinski definition) is 3. The summed E-state index contributed by atoms with van der Waals surface area (Å²) in [5.74, 6) is 0. The second kappa shape index (κ2) is 15.4. The Labute approximate surface area is 414 Å². The Balaban J connectivity index is 1.08. The van der Waals surface area contributed by atoms with E-state index in [1.54, 1.807) is 0 Å². The molecular formula is C67H41NS2. The zero-order valence-electron chi connectivity index (χ0n) is 37.9. The molecule has 70 heavy (non-hydrogen) atoms. The lowest BCUT2D eigenvalue weighted by Gasteiger charge is -2.41. The van der Waals surface area contributed by atoms with Gasteiger partial charge in [0.25, 0.3) is 0 Å². The van der Waals surface area contributed by atoms with Crippen LogP contribution >= 0.6 is 23.1 Å². The second-order valence-corrected chi connectivity index (χ2v) is 20.8. The van der Waals surface area contributed by atoms with Crippen molar-refractivity contribution in [3.05, 3.63) is 271 Å². The van der Waals surface area contributed by atoms with E-state index >= 15 is 0 Å². The molecule has 13 aromatic rings. The quantitative estimate of drug-likeness (QED) is 0.158. The smallest absolute Gasteiger partial charge is 0.0736 e. The molecule has 0 saturated heterocycles. The molecular weight excluding hydrogens is 883 g/mol. The molecule has 0 saturated carbocycles. The molecule has 1 nitrogen and oxygen atoms in total. The van der Waals surface area contributed by atoms with E-state index in [0.717, 1.165) is 17.1 Å². The first kappa shape index (κ1) is 39.8. The lowest BCUT2D eigenvalue weighted by Crippen LogP contribution is -2.32. The van der Waals surface area contributed by atoms with Crippen LogP contribution in [0.15, 0.2) is 259 Å². The van der Waals surface area contributed by atoms with E-state index in [0.29, 0.717) is 0 Å². The zero-order chi connectivity index (χ0) is 45.9. The number of nitrogens with zero attached hydrogens (tertiary/aromatic N) is 1. The predicted molar refractivity (Wildman–Crippen MR) is 299 cm³/mol. The van der Waals surface area contributed by atoms with Gasteiger partial charge in [-0.15, -0.1) is 11.3 Å². The van der Waals surface area contributed by atoms with Gasteiger partial charge in [-0.25, -0.2) is 0 Å². The van der Waals surface area contributed by atoms with Gasteiger partial charge in [-0.1, -0.05) is 200 Å². The zero-order valence-corrected chi connectivity index (χ0v) is 39.6. The van der Waals surface area contributed by atoms with Crippen LogP contribution in [-0.2, 0) is 5.41 Å². The molecule has 3 heteroatoms. The van der Waals surface area contributed by atoms with Crippen LogP contribution in [0.5, 0.6) is 0 Å². The summed E-state index contributed by atoms with van der Waals surface area (Å²) < 4.78 is 2.55. The maximum atomic E-state index is 2.56. The maximum Gasteiger partial charge on any atom is 0.0736 e. The highest BCUT2D eigenvalue weighted by Crippen LogP contribution is 2.64. The molecule has 0 fully saturated rings. The van der Waals surface area contributed by atoms with Crippen molar-refractivity contribution in [3.63, 3.8) is 0 Å². The second-order valence-electron chi connectivity index (χ2n) is 18.7. The number of para-hydroxylation sites is 1. The molecule has 1 aliphatic heterocycles. The maximum absolute atomic E-state index is 2.56. The van der Waals surface area contributed by atoms with Gasteiger partial charge in [0.2, 0.25) is 0 Å². The minimum atomic E-state index is -0.580. The van der Waals surface area contributed by atoms with Gasteiger partial charge in [-0.3, -0.25) is 0 Å². The van der Waals surface area contributed by atoms with Crippen LogP contribution in [0.25, 0.3) is 85.9 Å². The van der Waals surface area contributed by atoms with E-state index in [-0.39, 0.29) is 0 Å². The van der Waals surface area contributed by atoms with Crippen LogP contribution in [-0.4, -0.2) is 0 Å². The highest BCUT2D eigenvalue weighted by molar-refractivity contribution is 7.99. The highest BCUT2D eigenvalue weighted by atomic mass is 32.2. The monoisotopic (exact) mass is 923 g/mol. The average molecular weight is 924 g/mol. The normalized spacial score (nSPS) is 13.2. The van der Waals surface area contributed by atoms with Crippen molar-refractivity contribution in [3.8, 4) is 33.4 Å². The lowest BCUT2D eigenvalue weighted by atomic mass is 9.66. The van der Waals surface area contributed by atoms with Crippen LogP contribution in [0, 0.1) is 0 Å². The van der Waals surface area contributed by atoms with Gasteiger partial charge in [0, 0.05) is 41.3 Å². The van der Waals surface area contributed by atoms with Crippen LogP contribution in [0.2, 0.25) is 0 Å². The van der Waals surface area contributed by atoms with Crippen LogP contribution in [0.4, 0.5) is 17.1 Å². The van der Waals surface area contributed by atoms with E-state index < -0.39 is 5.41 Å². The molecule has 2 heterocycles. The molecule has 15 rings (SSSR count). The van der Waals surface area contributed by atoms with Crippen molar-refractivity contribution in [2.45, 2.75) is 15.2 Å².